The van der Waals surface area contributed by atoms with Crippen LogP contribution >= 0.6 is 0 Å². The van der Waals surface area contributed by atoms with E-state index < -0.39 is 0 Å². The van der Waals surface area contributed by atoms with Gasteiger partial charge in [0.2, 0.25) is 0 Å². The van der Waals surface area contributed by atoms with Crippen LogP contribution in [0.15, 0.2) is 30.3 Å². The number of nitrogens with one attached hydrogen (secondary N) is 1. The second-order valence-corrected chi connectivity index (χ2v) is 5.17. The number of para-hydroxylation sites is 1. The number of pyridine rings is 1. The molecule has 0 aliphatic carbocycles. The molecule has 1 heterocycles. The lowest BCUT2D eigenvalue weighted by molar-refractivity contribution is 0.0694. The van der Waals surface area contributed by atoms with Crippen molar-refractivity contribution < 1.29 is 4.79 Å². The maximum Gasteiger partial charge on any atom is 0.272 e. The molecular weight excluding hydrogens is 262 g/mol. The molecule has 0 bridgehead atoms. The number of benzene rings is 1. The molecule has 0 saturated carbocycles. The second-order valence-electron chi connectivity index (χ2n) is 5.17. The Labute approximate surface area is 126 Å². The quantitative estimate of drug-likeness (QED) is 0.914. The summed E-state index contributed by atoms with van der Waals surface area (Å²) in [6.45, 7) is 6.86. The van der Waals surface area contributed by atoms with E-state index >= 15 is 0 Å². The van der Waals surface area contributed by atoms with E-state index in [2.05, 4.69) is 24.1 Å². The molecule has 1 atom stereocenters. The van der Waals surface area contributed by atoms with Gasteiger partial charge in [-0.1, -0.05) is 25.1 Å². The van der Waals surface area contributed by atoms with E-state index in [-0.39, 0.29) is 11.9 Å². The highest BCUT2D eigenvalue weighted by Crippen LogP contribution is 2.23. The van der Waals surface area contributed by atoms with E-state index in [9.17, 15) is 4.79 Å². The normalized spacial score (nSPS) is 12.2. The molecular formula is C17H23N3O. The molecule has 4 heteroatoms. The highest BCUT2D eigenvalue weighted by molar-refractivity contribution is 5.99. The maximum atomic E-state index is 12.7. The van der Waals surface area contributed by atoms with Crippen molar-refractivity contribution in [3.63, 3.8) is 0 Å². The molecule has 0 saturated heterocycles. The zero-order valence-corrected chi connectivity index (χ0v) is 13.2. The minimum absolute atomic E-state index is 0.00546. The summed E-state index contributed by atoms with van der Waals surface area (Å²) in [5, 5.41) is 4.19. The number of hydrogen-bond donors (Lipinski definition) is 1. The molecule has 0 spiro atoms. The summed E-state index contributed by atoms with van der Waals surface area (Å²) in [5.74, 6) is -0.00546. The Hall–Kier alpha value is -2.10. The Morgan fingerprint density at radius 1 is 1.33 bits per heavy atom. The lowest BCUT2D eigenvalue weighted by atomic mass is 10.1. The highest BCUT2D eigenvalue weighted by Gasteiger charge is 2.21. The van der Waals surface area contributed by atoms with E-state index in [1.807, 2.05) is 49.2 Å². The Morgan fingerprint density at radius 3 is 2.67 bits per heavy atom. The molecule has 1 N–H and O–H groups in total. The summed E-state index contributed by atoms with van der Waals surface area (Å²) in [6, 6.07) is 9.92. The van der Waals surface area contributed by atoms with Gasteiger partial charge in [0, 0.05) is 30.7 Å². The second kappa shape index (κ2) is 6.57. The van der Waals surface area contributed by atoms with Crippen LogP contribution in [0.1, 0.15) is 37.7 Å². The third-order valence-electron chi connectivity index (χ3n) is 3.93. The van der Waals surface area contributed by atoms with Crippen LogP contribution in [0.25, 0.3) is 10.9 Å². The van der Waals surface area contributed by atoms with Crippen LogP contribution in [-0.2, 0) is 0 Å². The van der Waals surface area contributed by atoms with Gasteiger partial charge in [0.1, 0.15) is 5.69 Å². The van der Waals surface area contributed by atoms with Crippen LogP contribution in [0.2, 0.25) is 0 Å². The van der Waals surface area contributed by atoms with E-state index in [1.165, 1.54) is 0 Å². The number of anilines is 1. The number of amides is 1. The van der Waals surface area contributed by atoms with Crippen LogP contribution in [-0.4, -0.2) is 35.4 Å². The van der Waals surface area contributed by atoms with Gasteiger partial charge in [0.25, 0.3) is 5.91 Å². The van der Waals surface area contributed by atoms with Crippen molar-refractivity contribution in [2.75, 3.05) is 18.9 Å². The number of hydrogen-bond acceptors (Lipinski definition) is 3. The van der Waals surface area contributed by atoms with Crippen LogP contribution in [0.3, 0.4) is 0 Å². The van der Waals surface area contributed by atoms with Crippen LogP contribution < -0.4 is 5.32 Å². The maximum absolute atomic E-state index is 12.7. The largest absolute Gasteiger partial charge is 0.388 e. The number of rotatable bonds is 5. The number of aromatic nitrogens is 1. The fourth-order valence-electron chi connectivity index (χ4n) is 2.51. The number of nitrogens with zero attached hydrogens (tertiary/aromatic N) is 2. The van der Waals surface area contributed by atoms with Crippen molar-refractivity contribution >= 4 is 22.5 Å². The van der Waals surface area contributed by atoms with Gasteiger partial charge in [-0.05, 0) is 32.4 Å². The molecule has 2 rings (SSSR count). The molecule has 21 heavy (non-hydrogen) atoms. The molecule has 2 aromatic rings. The Kier molecular flexibility index (Phi) is 4.78. The molecule has 0 radical (unpaired) electrons. The summed E-state index contributed by atoms with van der Waals surface area (Å²) in [6.07, 6.45) is 0.937. The van der Waals surface area contributed by atoms with Gasteiger partial charge in [-0.25, -0.2) is 4.98 Å². The van der Waals surface area contributed by atoms with Crippen LogP contribution in [0.4, 0.5) is 5.69 Å². The van der Waals surface area contributed by atoms with Crippen molar-refractivity contribution in [1.82, 2.24) is 9.88 Å². The van der Waals surface area contributed by atoms with E-state index in [0.29, 0.717) is 12.2 Å². The third-order valence-corrected chi connectivity index (χ3v) is 3.93. The van der Waals surface area contributed by atoms with Gasteiger partial charge in [0.05, 0.1) is 5.52 Å². The minimum atomic E-state index is -0.00546. The fourth-order valence-corrected chi connectivity index (χ4v) is 2.51. The summed E-state index contributed by atoms with van der Waals surface area (Å²) in [7, 11) is 1.86. The standard InChI is InChI=1S/C17H23N3O/c1-5-12(3)20(6-2)17(21)16-11-15(18-4)13-9-7-8-10-14(13)19-16/h7-12H,5-6H2,1-4H3,(H,18,19). The van der Waals surface area contributed by atoms with E-state index in [1.54, 1.807) is 0 Å². The average molecular weight is 285 g/mol. The number of carbonyl (C=O) groups excluding carboxylic acids is 1. The lowest BCUT2D eigenvalue weighted by Gasteiger charge is -2.27. The van der Waals surface area contributed by atoms with Crippen molar-refractivity contribution in [2.24, 2.45) is 0 Å². The first kappa shape index (κ1) is 15.3. The van der Waals surface area contributed by atoms with Crippen molar-refractivity contribution in [1.29, 1.82) is 0 Å². The first-order valence-corrected chi connectivity index (χ1v) is 7.50. The fraction of sp³-hybridized carbons (Fsp3) is 0.412. The minimum Gasteiger partial charge on any atom is -0.388 e. The summed E-state index contributed by atoms with van der Waals surface area (Å²) >= 11 is 0. The molecule has 0 fully saturated rings. The van der Waals surface area contributed by atoms with Crippen LogP contribution in [0.5, 0.6) is 0 Å². The average Bonchev–Trinajstić information content (AvgIpc) is 2.53. The van der Waals surface area contributed by atoms with Gasteiger partial charge in [0.15, 0.2) is 0 Å². The van der Waals surface area contributed by atoms with Crippen molar-refractivity contribution in [3.8, 4) is 0 Å². The van der Waals surface area contributed by atoms with Gasteiger partial charge in [-0.15, -0.1) is 0 Å². The first-order chi connectivity index (χ1) is 10.1. The Bertz CT molecular complexity index is 639. The van der Waals surface area contributed by atoms with Gasteiger partial charge >= 0.3 is 0 Å². The number of fused-ring (bicyclic) bond motifs is 1. The highest BCUT2D eigenvalue weighted by atomic mass is 16.2. The molecule has 0 aliphatic rings. The van der Waals surface area contributed by atoms with Crippen molar-refractivity contribution in [3.05, 3.63) is 36.0 Å². The first-order valence-electron chi connectivity index (χ1n) is 7.50. The zero-order valence-electron chi connectivity index (χ0n) is 13.2. The summed E-state index contributed by atoms with van der Waals surface area (Å²) < 4.78 is 0. The lowest BCUT2D eigenvalue weighted by Crippen LogP contribution is -2.38. The summed E-state index contributed by atoms with van der Waals surface area (Å²) in [5.41, 5.74) is 2.28. The summed E-state index contributed by atoms with van der Waals surface area (Å²) in [4.78, 5) is 19.1. The SMILES string of the molecule is CCC(C)N(CC)C(=O)c1cc(NC)c2ccccc2n1. The Balaban J connectivity index is 2.48. The van der Waals surface area contributed by atoms with Crippen molar-refractivity contribution in [2.45, 2.75) is 33.2 Å². The smallest absolute Gasteiger partial charge is 0.272 e. The van der Waals surface area contributed by atoms with E-state index in [0.717, 1.165) is 23.0 Å². The zero-order chi connectivity index (χ0) is 15.4. The van der Waals surface area contributed by atoms with Gasteiger partial charge in [-0.2, -0.15) is 0 Å². The van der Waals surface area contributed by atoms with Gasteiger partial charge < -0.3 is 10.2 Å². The van der Waals surface area contributed by atoms with E-state index in [4.69, 9.17) is 0 Å². The Morgan fingerprint density at radius 2 is 2.05 bits per heavy atom. The molecule has 112 valence electrons. The molecule has 4 nitrogen and oxygen atoms in total. The predicted octanol–water partition coefficient (Wildman–Crippen LogP) is 3.54. The van der Waals surface area contributed by atoms with Gasteiger partial charge in [-0.3, -0.25) is 4.79 Å². The third kappa shape index (κ3) is 2.99. The van der Waals surface area contributed by atoms with Crippen LogP contribution in [0, 0.1) is 0 Å². The molecule has 0 aliphatic heterocycles. The molecule has 1 aromatic heterocycles. The topological polar surface area (TPSA) is 45.2 Å². The monoisotopic (exact) mass is 285 g/mol. The predicted molar refractivity (Wildman–Crippen MR) is 87.8 cm³/mol. The molecule has 1 aromatic carbocycles. The number of carbonyl (C=O) groups is 1. The molecule has 1 amide bonds. The molecule has 1 unspecified atom stereocenters.